The molecule has 7 heteroatoms. The van der Waals surface area contributed by atoms with Crippen LogP contribution in [0.1, 0.15) is 57.0 Å². The zero-order valence-electron chi connectivity index (χ0n) is 22.0. The number of benzene rings is 1. The fourth-order valence-electron chi connectivity index (χ4n) is 3.91. The van der Waals surface area contributed by atoms with Gasteiger partial charge in [-0.15, -0.1) is 0 Å². The smallest absolute Gasteiger partial charge is 0.193 e. The van der Waals surface area contributed by atoms with Crippen LogP contribution in [0.15, 0.2) is 47.2 Å². The molecule has 1 aromatic carbocycles. The first-order valence-corrected chi connectivity index (χ1v) is 11.9. The number of carbonyl (C=O) groups excluding carboxylic acids is 1. The number of allylic oxidation sites excluding steroid dienone is 6. The monoisotopic (exact) mass is 482 g/mol. The maximum absolute atomic E-state index is 13.9. The van der Waals surface area contributed by atoms with Gasteiger partial charge < -0.3 is 24.3 Å². The van der Waals surface area contributed by atoms with Gasteiger partial charge in [0.25, 0.3) is 0 Å². The number of Topliss-reactive ketones (excluding diaryl/α,β-unsaturated/α-hetero) is 1. The van der Waals surface area contributed by atoms with Gasteiger partial charge in [-0.2, -0.15) is 5.26 Å². The van der Waals surface area contributed by atoms with Crippen molar-refractivity contribution in [2.24, 2.45) is 0 Å². The number of nitrogens with zero attached hydrogens (tertiary/aromatic N) is 1. The molecule has 1 aliphatic rings. The number of fused-ring (bicyclic) bond motifs is 1. The molecule has 0 saturated carbocycles. The van der Waals surface area contributed by atoms with Crippen LogP contribution in [0, 0.1) is 11.3 Å². The van der Waals surface area contributed by atoms with Gasteiger partial charge >= 0.3 is 0 Å². The lowest BCUT2D eigenvalue weighted by molar-refractivity contribution is 0.102. The Morgan fingerprint density at radius 1 is 1.14 bits per heavy atom. The van der Waals surface area contributed by atoms with Crippen LogP contribution in [0.2, 0.25) is 0 Å². The summed E-state index contributed by atoms with van der Waals surface area (Å²) >= 11 is 0. The lowest BCUT2D eigenvalue weighted by atomic mass is 9.72. The van der Waals surface area contributed by atoms with E-state index in [4.69, 9.17) is 24.2 Å². The van der Waals surface area contributed by atoms with Gasteiger partial charge in [-0.3, -0.25) is 4.79 Å². The van der Waals surface area contributed by atoms with Crippen LogP contribution in [-0.2, 0) is 14.9 Å². The summed E-state index contributed by atoms with van der Waals surface area (Å²) in [4.78, 5) is 13.9. The number of carbonyl (C=O) groups is 1. The fraction of sp³-hybridized carbons (Fsp3) is 0.500. The van der Waals surface area contributed by atoms with Crippen LogP contribution in [0.4, 0.5) is 0 Å². The molecule has 0 fully saturated rings. The molecule has 1 aliphatic carbocycles. The van der Waals surface area contributed by atoms with Crippen molar-refractivity contribution in [2.45, 2.75) is 52.6 Å². The lowest BCUT2D eigenvalue weighted by Gasteiger charge is -2.32. The third kappa shape index (κ3) is 7.45. The standard InChI is InChI=1S/C28H38N2O5/c1-19(2)35-26-16-22-24(17-25(26)34-15-14-33-7)28(4,5)18-23(27(22)31)21(10-8-9-11-29)20(3)30-12-13-32-6/h8,10,16-19,30H,9,12-15H2,1-7H3/b10-8-,21-20-. The van der Waals surface area contributed by atoms with E-state index in [9.17, 15) is 4.79 Å². The van der Waals surface area contributed by atoms with Crippen molar-refractivity contribution in [1.29, 1.82) is 5.26 Å². The van der Waals surface area contributed by atoms with Crippen molar-refractivity contribution in [1.82, 2.24) is 5.32 Å². The van der Waals surface area contributed by atoms with Crippen molar-refractivity contribution < 1.29 is 23.7 Å². The molecule has 2 rings (SSSR count). The number of rotatable bonds is 13. The highest BCUT2D eigenvalue weighted by Gasteiger charge is 2.35. The Labute approximate surface area is 209 Å². The summed E-state index contributed by atoms with van der Waals surface area (Å²) in [6, 6.07) is 5.82. The largest absolute Gasteiger partial charge is 0.487 e. The Morgan fingerprint density at radius 3 is 2.49 bits per heavy atom. The highest BCUT2D eigenvalue weighted by Crippen LogP contribution is 2.43. The van der Waals surface area contributed by atoms with Gasteiger partial charge in [-0.05, 0) is 38.5 Å². The first-order valence-electron chi connectivity index (χ1n) is 11.9. The topological polar surface area (TPSA) is 89.8 Å². The maximum Gasteiger partial charge on any atom is 0.193 e. The minimum absolute atomic E-state index is 0.0869. The normalized spacial score (nSPS) is 15.4. The molecule has 35 heavy (non-hydrogen) atoms. The van der Waals surface area contributed by atoms with Crippen molar-refractivity contribution in [2.75, 3.05) is 40.6 Å². The van der Waals surface area contributed by atoms with Gasteiger partial charge in [-0.1, -0.05) is 32.1 Å². The predicted molar refractivity (Wildman–Crippen MR) is 137 cm³/mol. The van der Waals surface area contributed by atoms with Gasteiger partial charge in [0.1, 0.15) is 6.61 Å². The Hall–Kier alpha value is -3.08. The third-order valence-electron chi connectivity index (χ3n) is 5.56. The summed E-state index contributed by atoms with van der Waals surface area (Å²) in [7, 11) is 3.27. The van der Waals surface area contributed by atoms with Gasteiger partial charge in [0.2, 0.25) is 0 Å². The Balaban J connectivity index is 2.61. The molecule has 0 radical (unpaired) electrons. The molecule has 0 bridgehead atoms. The van der Waals surface area contributed by atoms with Crippen molar-refractivity contribution >= 4 is 5.78 Å². The first-order chi connectivity index (χ1) is 16.7. The van der Waals surface area contributed by atoms with Crippen LogP contribution in [0.3, 0.4) is 0 Å². The minimum atomic E-state index is -0.449. The number of ketones is 1. The summed E-state index contributed by atoms with van der Waals surface area (Å²) in [5.41, 5.74) is 3.19. The van der Waals surface area contributed by atoms with E-state index >= 15 is 0 Å². The summed E-state index contributed by atoms with van der Waals surface area (Å²) in [5, 5.41) is 12.3. The Bertz CT molecular complexity index is 1030. The first kappa shape index (κ1) is 28.2. The highest BCUT2D eigenvalue weighted by molar-refractivity contribution is 6.15. The maximum atomic E-state index is 13.9. The molecule has 0 unspecified atom stereocenters. The summed E-state index contributed by atoms with van der Waals surface area (Å²) in [5.74, 6) is 1.02. The third-order valence-corrected chi connectivity index (χ3v) is 5.56. The molecule has 0 saturated heterocycles. The quantitative estimate of drug-likeness (QED) is 0.317. The van der Waals surface area contributed by atoms with E-state index in [-0.39, 0.29) is 18.3 Å². The van der Waals surface area contributed by atoms with E-state index in [0.717, 1.165) is 16.8 Å². The molecule has 1 N–H and O–H groups in total. The second kappa shape index (κ2) is 13.1. The number of nitriles is 1. The molecule has 0 spiro atoms. The molecule has 0 aliphatic heterocycles. The molecular weight excluding hydrogens is 444 g/mol. The lowest BCUT2D eigenvalue weighted by Crippen LogP contribution is -2.28. The van der Waals surface area contributed by atoms with Crippen LogP contribution in [-0.4, -0.2) is 52.5 Å². The van der Waals surface area contributed by atoms with Crippen LogP contribution < -0.4 is 14.8 Å². The SMILES string of the molecule is COCCN/C(C)=C(/C=C\CC#N)C1=CC(C)(C)c2cc(OCCOC)c(OC(C)C)cc2C1=O. The fourth-order valence-corrected chi connectivity index (χ4v) is 3.91. The molecule has 7 nitrogen and oxygen atoms in total. The van der Waals surface area contributed by atoms with E-state index in [1.807, 2.05) is 39.0 Å². The number of ether oxygens (including phenoxy) is 4. The second-order valence-electron chi connectivity index (χ2n) is 9.18. The molecule has 0 atom stereocenters. The Kier molecular flexibility index (Phi) is 10.6. The van der Waals surface area contributed by atoms with E-state index in [1.54, 1.807) is 26.4 Å². The van der Waals surface area contributed by atoms with Crippen molar-refractivity contribution in [3.8, 4) is 17.6 Å². The number of methoxy groups -OCH3 is 2. The van der Waals surface area contributed by atoms with Crippen LogP contribution in [0.5, 0.6) is 11.5 Å². The molecule has 0 heterocycles. The number of hydrogen-bond acceptors (Lipinski definition) is 7. The average molecular weight is 483 g/mol. The van der Waals surface area contributed by atoms with Gasteiger partial charge in [0.05, 0.1) is 31.8 Å². The van der Waals surface area contributed by atoms with Gasteiger partial charge in [0.15, 0.2) is 17.3 Å². The van der Waals surface area contributed by atoms with E-state index in [0.29, 0.717) is 49.0 Å². The van der Waals surface area contributed by atoms with Crippen molar-refractivity contribution in [3.63, 3.8) is 0 Å². The summed E-state index contributed by atoms with van der Waals surface area (Å²) in [6.45, 7) is 11.9. The zero-order chi connectivity index (χ0) is 26.0. The molecular formula is C28H38N2O5. The predicted octanol–water partition coefficient (Wildman–Crippen LogP) is 4.88. The number of nitrogens with one attached hydrogen (secondary N) is 1. The van der Waals surface area contributed by atoms with Crippen LogP contribution in [0.25, 0.3) is 0 Å². The van der Waals surface area contributed by atoms with E-state index in [2.05, 4.69) is 25.2 Å². The number of hydrogen-bond donors (Lipinski definition) is 1. The zero-order valence-corrected chi connectivity index (χ0v) is 22.0. The molecule has 0 amide bonds. The molecule has 0 aromatic heterocycles. The molecule has 190 valence electrons. The minimum Gasteiger partial charge on any atom is -0.487 e. The molecule has 1 aromatic rings. The second-order valence-corrected chi connectivity index (χ2v) is 9.18. The van der Waals surface area contributed by atoms with Crippen LogP contribution >= 0.6 is 0 Å². The summed E-state index contributed by atoms with van der Waals surface area (Å²) < 4.78 is 22.2. The summed E-state index contributed by atoms with van der Waals surface area (Å²) in [6.07, 6.45) is 5.78. The Morgan fingerprint density at radius 2 is 1.86 bits per heavy atom. The van der Waals surface area contributed by atoms with E-state index in [1.165, 1.54) is 0 Å². The van der Waals surface area contributed by atoms with Crippen molar-refractivity contribution in [3.05, 3.63) is 58.3 Å². The highest BCUT2D eigenvalue weighted by atomic mass is 16.5. The van der Waals surface area contributed by atoms with Gasteiger partial charge in [-0.25, -0.2) is 0 Å². The van der Waals surface area contributed by atoms with E-state index < -0.39 is 5.41 Å². The average Bonchev–Trinajstić information content (AvgIpc) is 2.80. The van der Waals surface area contributed by atoms with Gasteiger partial charge in [0, 0.05) is 48.6 Å².